The van der Waals surface area contributed by atoms with Crippen molar-refractivity contribution in [1.82, 2.24) is 25.2 Å². The Kier molecular flexibility index (Phi) is 6.85. The molecule has 42 heavy (non-hydrogen) atoms. The minimum atomic E-state index is -4.64. The number of piperazine rings is 1. The van der Waals surface area contributed by atoms with Gasteiger partial charge >= 0.3 is 11.5 Å². The lowest BCUT2D eigenvalue weighted by atomic mass is 9.95. The van der Waals surface area contributed by atoms with E-state index in [-0.39, 0.29) is 52.1 Å². The Morgan fingerprint density at radius 3 is 2.69 bits per heavy atom. The minimum Gasteiger partial charge on any atom is -0.508 e. The van der Waals surface area contributed by atoms with Crippen LogP contribution in [0.15, 0.2) is 29.3 Å². The van der Waals surface area contributed by atoms with Gasteiger partial charge in [0.25, 0.3) is 0 Å². The van der Waals surface area contributed by atoms with Crippen molar-refractivity contribution in [3.8, 4) is 23.0 Å². The third kappa shape index (κ3) is 5.11. The van der Waals surface area contributed by atoms with E-state index in [4.69, 9.17) is 4.74 Å². The number of hydrogen-bond donors (Lipinski definition) is 2. The van der Waals surface area contributed by atoms with Gasteiger partial charge in [-0.05, 0) is 62.2 Å². The van der Waals surface area contributed by atoms with E-state index in [2.05, 4.69) is 25.2 Å². The number of aromatic nitrogens is 3. The van der Waals surface area contributed by atoms with Crippen molar-refractivity contribution in [2.45, 2.75) is 66.3 Å². The number of phenols is 1. The summed E-state index contributed by atoms with van der Waals surface area (Å²) >= 11 is -0.414. The topological polar surface area (TPSA) is 86.6 Å². The maximum Gasteiger partial charge on any atom is 0.446 e. The Morgan fingerprint density at radius 2 is 1.93 bits per heavy atom. The fraction of sp³-hybridized carbons (Fsp3) is 0.536. The average molecular weight is 609 g/mol. The van der Waals surface area contributed by atoms with E-state index in [0.29, 0.717) is 37.3 Å². The second kappa shape index (κ2) is 10.3. The number of halogens is 5. The minimum absolute atomic E-state index is 0.0799. The molecule has 1 aromatic carbocycles. The molecule has 2 N–H and O–H groups in total. The van der Waals surface area contributed by atoms with E-state index in [1.165, 1.54) is 6.20 Å². The van der Waals surface area contributed by atoms with Gasteiger partial charge in [-0.2, -0.15) is 23.1 Å². The molecule has 7 rings (SSSR count). The molecular weight excluding hydrogens is 579 g/mol. The van der Waals surface area contributed by atoms with E-state index in [9.17, 15) is 22.7 Å². The molecule has 224 valence electrons. The number of ether oxygens (including phenoxy) is 1. The van der Waals surface area contributed by atoms with Crippen LogP contribution < -0.4 is 15.0 Å². The van der Waals surface area contributed by atoms with E-state index < -0.39 is 34.8 Å². The lowest BCUT2D eigenvalue weighted by molar-refractivity contribution is -0.0328. The molecule has 0 amide bonds. The molecule has 8 nitrogen and oxygen atoms in total. The number of thioether (sulfide) groups is 1. The molecule has 2 unspecified atom stereocenters. The summed E-state index contributed by atoms with van der Waals surface area (Å²) < 4.78 is 76.7. The Morgan fingerprint density at radius 1 is 1.14 bits per heavy atom. The molecule has 0 aliphatic carbocycles. The van der Waals surface area contributed by atoms with Crippen molar-refractivity contribution < 1.29 is 31.8 Å². The lowest BCUT2D eigenvalue weighted by Crippen LogP contribution is -2.51. The van der Waals surface area contributed by atoms with Crippen molar-refractivity contribution in [2.24, 2.45) is 0 Å². The molecule has 4 fully saturated rings. The SMILES string of the molecule is Oc1ccc(SC(F)(F)F)c(-c2ncc3c(N4CC5CCC(C4)N5)nc(OC[C@@]45CCCN4C[C@H](F)C5)nc3c2F)c1. The fourth-order valence-corrected chi connectivity index (χ4v) is 7.70. The third-order valence-corrected chi connectivity index (χ3v) is 9.64. The second-order valence-electron chi connectivity index (χ2n) is 11.6. The van der Waals surface area contributed by atoms with Crippen molar-refractivity contribution in [3.63, 3.8) is 0 Å². The van der Waals surface area contributed by atoms with Crippen LogP contribution in [0.25, 0.3) is 22.2 Å². The van der Waals surface area contributed by atoms with Gasteiger partial charge in [0.15, 0.2) is 5.82 Å². The normalized spacial score (nSPS) is 27.6. The highest BCUT2D eigenvalue weighted by Crippen LogP contribution is 2.44. The van der Waals surface area contributed by atoms with Crippen LogP contribution in [-0.4, -0.2) is 87.0 Å². The van der Waals surface area contributed by atoms with E-state index in [1.54, 1.807) is 0 Å². The maximum absolute atomic E-state index is 16.3. The zero-order valence-electron chi connectivity index (χ0n) is 22.5. The highest BCUT2D eigenvalue weighted by atomic mass is 32.2. The van der Waals surface area contributed by atoms with Crippen LogP contribution in [-0.2, 0) is 0 Å². The first-order chi connectivity index (χ1) is 20.1. The molecule has 4 aliphatic rings. The summed E-state index contributed by atoms with van der Waals surface area (Å²) in [4.78, 5) is 17.1. The first kappa shape index (κ1) is 27.8. The lowest BCUT2D eigenvalue weighted by Gasteiger charge is -2.34. The number of hydrogen-bond acceptors (Lipinski definition) is 9. The molecular formula is C28H29F5N6O2S. The number of rotatable bonds is 6. The maximum atomic E-state index is 16.3. The highest BCUT2D eigenvalue weighted by molar-refractivity contribution is 8.00. The van der Waals surface area contributed by atoms with Crippen LogP contribution in [0.5, 0.6) is 11.8 Å². The predicted molar refractivity (Wildman–Crippen MR) is 147 cm³/mol. The van der Waals surface area contributed by atoms with Crippen LogP contribution in [0.2, 0.25) is 0 Å². The summed E-state index contributed by atoms with van der Waals surface area (Å²) in [6.07, 6.45) is 4.47. The number of benzene rings is 1. The summed E-state index contributed by atoms with van der Waals surface area (Å²) in [7, 11) is 0. The summed E-state index contributed by atoms with van der Waals surface area (Å²) in [5.74, 6) is -0.841. The molecule has 14 heteroatoms. The number of anilines is 1. The van der Waals surface area contributed by atoms with Gasteiger partial charge in [-0.15, -0.1) is 0 Å². The van der Waals surface area contributed by atoms with Gasteiger partial charge in [-0.1, -0.05) is 0 Å². The number of phenolic OH excluding ortho intramolecular Hbond substituents is 1. The molecule has 4 saturated heterocycles. The summed E-state index contributed by atoms with van der Waals surface area (Å²) in [6, 6.07) is 3.66. The molecule has 0 saturated carbocycles. The molecule has 0 radical (unpaired) electrons. The summed E-state index contributed by atoms with van der Waals surface area (Å²) in [5, 5.41) is 13.9. The predicted octanol–water partition coefficient (Wildman–Crippen LogP) is 5.04. The van der Waals surface area contributed by atoms with Gasteiger partial charge in [-0.3, -0.25) is 9.88 Å². The average Bonchev–Trinajstić information content (AvgIpc) is 3.58. The second-order valence-corrected chi connectivity index (χ2v) is 12.8. The number of nitrogens with zero attached hydrogens (tertiary/aromatic N) is 5. The van der Waals surface area contributed by atoms with E-state index in [1.807, 2.05) is 4.90 Å². The molecule has 2 aromatic heterocycles. The molecule has 2 bridgehead atoms. The van der Waals surface area contributed by atoms with Crippen LogP contribution in [0.1, 0.15) is 32.1 Å². The first-order valence-corrected chi connectivity index (χ1v) is 14.9. The van der Waals surface area contributed by atoms with Gasteiger partial charge < -0.3 is 20.1 Å². The number of pyridine rings is 1. The van der Waals surface area contributed by atoms with Crippen molar-refractivity contribution in [2.75, 3.05) is 37.7 Å². The zero-order valence-corrected chi connectivity index (χ0v) is 23.3. The van der Waals surface area contributed by atoms with Crippen LogP contribution >= 0.6 is 11.8 Å². The number of alkyl halides is 4. The van der Waals surface area contributed by atoms with Gasteiger partial charge in [0.1, 0.15) is 35.6 Å². The van der Waals surface area contributed by atoms with Gasteiger partial charge in [0, 0.05) is 54.8 Å². The Labute approximate surface area is 242 Å². The number of fused-ring (bicyclic) bond motifs is 4. The number of nitrogens with one attached hydrogen (secondary N) is 1. The van der Waals surface area contributed by atoms with Crippen LogP contribution in [0.3, 0.4) is 0 Å². The van der Waals surface area contributed by atoms with Crippen molar-refractivity contribution >= 4 is 28.5 Å². The largest absolute Gasteiger partial charge is 0.508 e. The smallest absolute Gasteiger partial charge is 0.446 e. The van der Waals surface area contributed by atoms with Gasteiger partial charge in [0.2, 0.25) is 0 Å². The number of aromatic hydroxyl groups is 1. The quantitative estimate of drug-likeness (QED) is 0.295. The van der Waals surface area contributed by atoms with Crippen molar-refractivity contribution in [3.05, 3.63) is 30.2 Å². The fourth-order valence-electron chi connectivity index (χ4n) is 7.05. The van der Waals surface area contributed by atoms with Crippen LogP contribution in [0.4, 0.5) is 27.8 Å². The Hall–Kier alpha value is -2.97. The Balaban J connectivity index is 1.32. The van der Waals surface area contributed by atoms with Crippen molar-refractivity contribution in [1.29, 1.82) is 0 Å². The summed E-state index contributed by atoms with van der Waals surface area (Å²) in [6.45, 7) is 2.53. The molecule has 3 aromatic rings. The van der Waals surface area contributed by atoms with Gasteiger partial charge in [0.05, 0.1) is 10.9 Å². The summed E-state index contributed by atoms with van der Waals surface area (Å²) in [5.41, 5.74) is -5.84. The van der Waals surface area contributed by atoms with Gasteiger partial charge in [-0.25, -0.2) is 8.78 Å². The third-order valence-electron chi connectivity index (χ3n) is 8.83. The van der Waals surface area contributed by atoms with Crippen LogP contribution in [0, 0.1) is 5.82 Å². The van der Waals surface area contributed by atoms with E-state index in [0.717, 1.165) is 50.4 Å². The molecule has 0 spiro atoms. The Bertz CT molecular complexity index is 1520. The zero-order chi connectivity index (χ0) is 29.2. The standard InChI is InChI=1S/C28H29F5N6O2S/c29-15-9-27(6-1-7-39(27)11-15)14-41-26-36-24-20(25(37-26)38-12-16-2-3-17(13-38)35-16)10-34-23(22(24)30)19-8-18(40)4-5-21(19)42-28(31,32)33/h4-5,8,10,15-17,35,40H,1-3,6-7,9,11-14H2/t15-,16?,17?,27+/m1/s1. The first-order valence-electron chi connectivity index (χ1n) is 14.1. The monoisotopic (exact) mass is 608 g/mol. The van der Waals surface area contributed by atoms with E-state index >= 15 is 4.39 Å². The molecule has 4 aliphatic heterocycles. The molecule has 6 heterocycles. The highest BCUT2D eigenvalue weighted by Gasteiger charge is 2.49. The molecule has 4 atom stereocenters.